The van der Waals surface area contributed by atoms with Gasteiger partial charge in [0.05, 0.1) is 0 Å². The van der Waals surface area contributed by atoms with E-state index in [1.807, 2.05) is 11.3 Å². The number of hydrogen-bond donors (Lipinski definition) is 1. The van der Waals surface area contributed by atoms with Crippen LogP contribution in [0.25, 0.3) is 0 Å². The molecule has 1 aromatic heterocycles. The predicted molar refractivity (Wildman–Crippen MR) is 65.8 cm³/mol. The van der Waals surface area contributed by atoms with E-state index in [2.05, 4.69) is 39.7 Å². The van der Waals surface area contributed by atoms with E-state index < -0.39 is 0 Å². The molecule has 0 amide bonds. The van der Waals surface area contributed by atoms with Crippen LogP contribution in [-0.2, 0) is 0 Å². The summed E-state index contributed by atoms with van der Waals surface area (Å²) in [5.41, 5.74) is 0. The lowest BCUT2D eigenvalue weighted by atomic mass is 9.80. The number of halogens is 1. The maximum Gasteiger partial charge on any atom is 0.0426 e. The molecule has 14 heavy (non-hydrogen) atoms. The van der Waals surface area contributed by atoms with Crippen molar-refractivity contribution in [1.82, 2.24) is 5.32 Å². The van der Waals surface area contributed by atoms with E-state index in [1.54, 1.807) is 0 Å². The Balaban J connectivity index is 2.01. The van der Waals surface area contributed by atoms with Crippen LogP contribution in [0.15, 0.2) is 15.9 Å². The van der Waals surface area contributed by atoms with Crippen molar-refractivity contribution in [3.8, 4) is 0 Å². The minimum atomic E-state index is 0.551. The van der Waals surface area contributed by atoms with Gasteiger partial charge in [0.1, 0.15) is 0 Å². The van der Waals surface area contributed by atoms with Gasteiger partial charge in [-0.25, -0.2) is 0 Å². The second-order valence-electron chi connectivity index (χ2n) is 4.01. The minimum absolute atomic E-state index is 0.551. The molecule has 0 radical (unpaired) electrons. The lowest BCUT2D eigenvalue weighted by Gasteiger charge is -2.29. The zero-order valence-electron chi connectivity index (χ0n) is 8.42. The smallest absolute Gasteiger partial charge is 0.0426 e. The number of thiophene rings is 1. The van der Waals surface area contributed by atoms with Crippen LogP contribution in [0.2, 0.25) is 0 Å². The van der Waals surface area contributed by atoms with Crippen molar-refractivity contribution in [2.75, 3.05) is 7.05 Å². The van der Waals surface area contributed by atoms with Gasteiger partial charge in [-0.3, -0.25) is 0 Å². The molecule has 1 heterocycles. The van der Waals surface area contributed by atoms with Gasteiger partial charge in [-0.2, -0.15) is 0 Å². The normalized spacial score (nSPS) is 19.3. The molecule has 1 unspecified atom stereocenters. The minimum Gasteiger partial charge on any atom is -0.312 e. The molecule has 0 aromatic carbocycles. The topological polar surface area (TPSA) is 12.0 Å². The molecule has 0 saturated heterocycles. The largest absolute Gasteiger partial charge is 0.312 e. The van der Waals surface area contributed by atoms with Gasteiger partial charge in [-0.05, 0) is 46.8 Å². The summed E-state index contributed by atoms with van der Waals surface area (Å²) in [6, 6.07) is 2.69. The molecule has 1 aliphatic rings. The molecular formula is C11H16BrNS. The third-order valence-electron chi connectivity index (χ3n) is 3.10. The Hall–Kier alpha value is 0.140. The van der Waals surface area contributed by atoms with Gasteiger partial charge < -0.3 is 5.32 Å². The monoisotopic (exact) mass is 273 g/mol. The highest BCUT2D eigenvalue weighted by molar-refractivity contribution is 9.10. The van der Waals surface area contributed by atoms with E-state index in [1.165, 1.54) is 35.0 Å². The fraction of sp³-hybridized carbons (Fsp3) is 0.636. The standard InChI is InChI=1S/C11H16BrNS/c1-13-10(7-8-3-2-4-8)11-9(12)5-6-14-11/h5-6,8,10,13H,2-4,7H2,1H3. The van der Waals surface area contributed by atoms with Gasteiger partial charge in [0.15, 0.2) is 0 Å². The van der Waals surface area contributed by atoms with Crippen LogP contribution < -0.4 is 5.32 Å². The summed E-state index contributed by atoms with van der Waals surface area (Å²) in [7, 11) is 2.06. The molecule has 0 aliphatic heterocycles. The summed E-state index contributed by atoms with van der Waals surface area (Å²) in [4.78, 5) is 1.46. The van der Waals surface area contributed by atoms with Gasteiger partial charge in [-0.1, -0.05) is 19.3 Å². The second kappa shape index (κ2) is 4.77. The van der Waals surface area contributed by atoms with E-state index in [4.69, 9.17) is 0 Å². The van der Waals surface area contributed by atoms with Crippen molar-refractivity contribution in [1.29, 1.82) is 0 Å². The molecule has 1 fully saturated rings. The lowest BCUT2D eigenvalue weighted by molar-refractivity contribution is 0.267. The molecular weight excluding hydrogens is 258 g/mol. The highest BCUT2D eigenvalue weighted by Gasteiger charge is 2.23. The average Bonchev–Trinajstić information content (AvgIpc) is 2.51. The first-order valence-electron chi connectivity index (χ1n) is 5.21. The molecule has 1 aliphatic carbocycles. The van der Waals surface area contributed by atoms with Crippen molar-refractivity contribution in [2.45, 2.75) is 31.7 Å². The zero-order chi connectivity index (χ0) is 9.97. The maximum absolute atomic E-state index is 3.61. The van der Waals surface area contributed by atoms with E-state index in [9.17, 15) is 0 Å². The molecule has 1 N–H and O–H groups in total. The molecule has 1 atom stereocenters. The Bertz CT molecular complexity index is 293. The fourth-order valence-electron chi connectivity index (χ4n) is 1.97. The predicted octanol–water partition coefficient (Wildman–Crippen LogP) is 3.96. The van der Waals surface area contributed by atoms with Crippen LogP contribution in [-0.4, -0.2) is 7.05 Å². The first kappa shape index (κ1) is 10.7. The molecule has 1 nitrogen and oxygen atoms in total. The Morgan fingerprint density at radius 3 is 2.86 bits per heavy atom. The van der Waals surface area contributed by atoms with E-state index in [0.29, 0.717) is 6.04 Å². The summed E-state index contributed by atoms with van der Waals surface area (Å²) in [5, 5.41) is 5.58. The quantitative estimate of drug-likeness (QED) is 0.876. The third-order valence-corrected chi connectivity index (χ3v) is 5.09. The summed E-state index contributed by atoms with van der Waals surface area (Å²) in [6.07, 6.45) is 5.60. The fourth-order valence-corrected chi connectivity index (χ4v) is 3.75. The van der Waals surface area contributed by atoms with Crippen molar-refractivity contribution in [3.05, 3.63) is 20.8 Å². The van der Waals surface area contributed by atoms with Gasteiger partial charge in [0, 0.05) is 15.4 Å². The second-order valence-corrected chi connectivity index (χ2v) is 5.81. The lowest BCUT2D eigenvalue weighted by Crippen LogP contribution is -2.22. The summed E-state index contributed by atoms with van der Waals surface area (Å²) < 4.78 is 1.26. The summed E-state index contributed by atoms with van der Waals surface area (Å²) >= 11 is 5.46. The molecule has 1 aromatic rings. The number of rotatable bonds is 4. The van der Waals surface area contributed by atoms with Crippen molar-refractivity contribution >= 4 is 27.3 Å². The van der Waals surface area contributed by atoms with E-state index in [0.717, 1.165) is 5.92 Å². The molecule has 78 valence electrons. The van der Waals surface area contributed by atoms with E-state index >= 15 is 0 Å². The van der Waals surface area contributed by atoms with Gasteiger partial charge in [0.25, 0.3) is 0 Å². The summed E-state index contributed by atoms with van der Waals surface area (Å²) in [6.45, 7) is 0. The van der Waals surface area contributed by atoms with Crippen molar-refractivity contribution in [3.63, 3.8) is 0 Å². The van der Waals surface area contributed by atoms with Crippen LogP contribution >= 0.6 is 27.3 Å². The molecule has 0 bridgehead atoms. The summed E-state index contributed by atoms with van der Waals surface area (Å²) in [5.74, 6) is 0.960. The van der Waals surface area contributed by atoms with Crippen molar-refractivity contribution < 1.29 is 0 Å². The molecule has 2 rings (SSSR count). The highest BCUT2D eigenvalue weighted by Crippen LogP contribution is 2.38. The Labute approximate surface area is 98.0 Å². The maximum atomic E-state index is 3.61. The average molecular weight is 274 g/mol. The Kier molecular flexibility index (Phi) is 3.63. The first-order chi connectivity index (χ1) is 6.81. The van der Waals surface area contributed by atoms with Crippen LogP contribution in [0.3, 0.4) is 0 Å². The number of nitrogens with one attached hydrogen (secondary N) is 1. The van der Waals surface area contributed by atoms with Gasteiger partial charge >= 0.3 is 0 Å². The van der Waals surface area contributed by atoms with E-state index in [-0.39, 0.29) is 0 Å². The zero-order valence-corrected chi connectivity index (χ0v) is 10.8. The molecule has 1 saturated carbocycles. The van der Waals surface area contributed by atoms with Gasteiger partial charge in [-0.15, -0.1) is 11.3 Å². The Morgan fingerprint density at radius 2 is 2.43 bits per heavy atom. The SMILES string of the molecule is CNC(CC1CCC1)c1sccc1Br. The number of hydrogen-bond acceptors (Lipinski definition) is 2. The third kappa shape index (κ3) is 2.20. The van der Waals surface area contributed by atoms with Crippen LogP contribution in [0.1, 0.15) is 36.6 Å². The highest BCUT2D eigenvalue weighted by atomic mass is 79.9. The molecule has 0 spiro atoms. The van der Waals surface area contributed by atoms with Crippen LogP contribution in [0, 0.1) is 5.92 Å². The van der Waals surface area contributed by atoms with Crippen LogP contribution in [0.4, 0.5) is 0 Å². The van der Waals surface area contributed by atoms with Gasteiger partial charge in [0.2, 0.25) is 0 Å². The first-order valence-corrected chi connectivity index (χ1v) is 6.88. The van der Waals surface area contributed by atoms with Crippen molar-refractivity contribution in [2.24, 2.45) is 5.92 Å². The van der Waals surface area contributed by atoms with Crippen LogP contribution in [0.5, 0.6) is 0 Å². The molecule has 3 heteroatoms. The Morgan fingerprint density at radius 1 is 1.64 bits per heavy atom.